The minimum Gasteiger partial charge on any atom is -0.297 e. The van der Waals surface area contributed by atoms with Crippen molar-refractivity contribution < 1.29 is 4.79 Å². The molecule has 0 spiro atoms. The van der Waals surface area contributed by atoms with Gasteiger partial charge in [-0.2, -0.15) is 0 Å². The van der Waals surface area contributed by atoms with Crippen LogP contribution in [0.15, 0.2) is 23.6 Å². The van der Waals surface area contributed by atoms with Crippen LogP contribution < -0.4 is 4.90 Å². The van der Waals surface area contributed by atoms with Crippen LogP contribution >= 0.6 is 34.5 Å². The number of benzene rings is 1. The number of nitrogens with zero attached hydrogens (tertiary/aromatic N) is 3. The van der Waals surface area contributed by atoms with Crippen molar-refractivity contribution in [3.05, 3.63) is 39.3 Å². The molecular weight excluding hydrogens is 377 g/mol. The van der Waals surface area contributed by atoms with Gasteiger partial charge >= 0.3 is 0 Å². The molecule has 0 radical (unpaired) electrons. The van der Waals surface area contributed by atoms with Gasteiger partial charge in [-0.1, -0.05) is 36.0 Å². The van der Waals surface area contributed by atoms with Gasteiger partial charge in [0, 0.05) is 18.8 Å². The quantitative estimate of drug-likeness (QED) is 0.681. The highest BCUT2D eigenvalue weighted by Gasteiger charge is 2.20. The zero-order valence-electron chi connectivity index (χ0n) is 14.2. The van der Waals surface area contributed by atoms with Gasteiger partial charge in [0.15, 0.2) is 5.13 Å². The van der Waals surface area contributed by atoms with Crippen molar-refractivity contribution in [2.45, 2.75) is 39.2 Å². The number of aromatic nitrogens is 1. The highest BCUT2D eigenvalue weighted by molar-refractivity contribution is 7.14. The highest BCUT2D eigenvalue weighted by atomic mass is 35.5. The number of likely N-dealkylation sites (tertiary alicyclic amines) is 1. The Morgan fingerprint density at radius 1 is 1.20 bits per heavy atom. The summed E-state index contributed by atoms with van der Waals surface area (Å²) in [5.74, 6) is -0.103. The van der Waals surface area contributed by atoms with Crippen LogP contribution in [0.2, 0.25) is 10.0 Å². The van der Waals surface area contributed by atoms with E-state index in [1.165, 1.54) is 43.9 Å². The van der Waals surface area contributed by atoms with Crippen molar-refractivity contribution in [2.24, 2.45) is 0 Å². The Bertz CT molecular complexity index is 742. The highest BCUT2D eigenvalue weighted by Crippen LogP contribution is 2.33. The van der Waals surface area contributed by atoms with E-state index in [0.717, 1.165) is 25.3 Å². The van der Waals surface area contributed by atoms with Crippen molar-refractivity contribution in [3.8, 4) is 0 Å². The average Bonchev–Trinajstić information content (AvgIpc) is 2.85. The first kappa shape index (κ1) is 18.6. The second kappa shape index (κ2) is 8.49. The number of anilines is 2. The lowest BCUT2D eigenvalue weighted by Gasteiger charge is -2.19. The largest absolute Gasteiger partial charge is 0.297 e. The first-order chi connectivity index (χ1) is 12.0. The summed E-state index contributed by atoms with van der Waals surface area (Å²) < 4.78 is 0. The third-order valence-corrected chi connectivity index (χ3v) is 5.91. The number of amides is 1. The molecule has 2 aromatic rings. The number of halogens is 2. The van der Waals surface area contributed by atoms with Crippen LogP contribution in [0.4, 0.5) is 10.8 Å². The van der Waals surface area contributed by atoms with Crippen LogP contribution in [-0.4, -0.2) is 28.9 Å². The molecule has 1 fully saturated rings. The fourth-order valence-electron chi connectivity index (χ4n) is 3.05. The van der Waals surface area contributed by atoms with E-state index in [9.17, 15) is 4.79 Å². The predicted molar refractivity (Wildman–Crippen MR) is 105 cm³/mol. The Morgan fingerprint density at radius 3 is 2.56 bits per heavy atom. The van der Waals surface area contributed by atoms with Gasteiger partial charge in [0.1, 0.15) is 0 Å². The van der Waals surface area contributed by atoms with Gasteiger partial charge in [-0.25, -0.2) is 4.98 Å². The molecule has 0 aliphatic carbocycles. The van der Waals surface area contributed by atoms with Gasteiger partial charge in [0.25, 0.3) is 0 Å². The summed E-state index contributed by atoms with van der Waals surface area (Å²) >= 11 is 13.6. The second-order valence-electron chi connectivity index (χ2n) is 6.26. The minimum absolute atomic E-state index is 0.103. The van der Waals surface area contributed by atoms with E-state index in [-0.39, 0.29) is 5.91 Å². The maximum Gasteiger partial charge on any atom is 0.230 e. The lowest BCUT2D eigenvalue weighted by molar-refractivity contribution is -0.115. The van der Waals surface area contributed by atoms with Crippen LogP contribution in [-0.2, 0) is 11.3 Å². The molecule has 1 aliphatic rings. The Hall–Kier alpha value is -1.14. The summed E-state index contributed by atoms with van der Waals surface area (Å²) in [6.07, 6.45) is 5.13. The van der Waals surface area contributed by atoms with E-state index >= 15 is 0 Å². The second-order valence-corrected chi connectivity index (χ2v) is 7.92. The fourth-order valence-corrected chi connectivity index (χ4v) is 4.22. The molecule has 3 rings (SSSR count). The Morgan fingerprint density at radius 2 is 1.92 bits per heavy atom. The SMILES string of the molecule is CC(=O)N(c1ccc(Cl)c(Cl)c1)c1nc(CN2CCCCCC2)cs1. The van der Waals surface area contributed by atoms with Gasteiger partial charge in [0.05, 0.1) is 21.4 Å². The number of hydrogen-bond donors (Lipinski definition) is 0. The number of rotatable bonds is 4. The maximum atomic E-state index is 12.2. The summed E-state index contributed by atoms with van der Waals surface area (Å²) in [4.78, 5) is 20.9. The molecule has 1 aromatic heterocycles. The molecule has 0 atom stereocenters. The fraction of sp³-hybridized carbons (Fsp3) is 0.444. The number of carbonyl (C=O) groups excluding carboxylic acids is 1. The van der Waals surface area contributed by atoms with E-state index in [4.69, 9.17) is 28.2 Å². The molecule has 0 bridgehead atoms. The summed E-state index contributed by atoms with van der Waals surface area (Å²) in [7, 11) is 0. The zero-order chi connectivity index (χ0) is 17.8. The van der Waals surface area contributed by atoms with Crippen LogP contribution in [0.3, 0.4) is 0 Å². The van der Waals surface area contributed by atoms with Crippen molar-refractivity contribution in [1.29, 1.82) is 0 Å². The molecule has 0 N–H and O–H groups in total. The summed E-state index contributed by atoms with van der Waals surface area (Å²) in [5.41, 5.74) is 1.69. The molecule has 25 heavy (non-hydrogen) atoms. The predicted octanol–water partition coefficient (Wildman–Crippen LogP) is 5.51. The van der Waals surface area contributed by atoms with Gasteiger partial charge in [-0.05, 0) is 44.1 Å². The molecule has 1 saturated heterocycles. The first-order valence-corrected chi connectivity index (χ1v) is 10.1. The lowest BCUT2D eigenvalue weighted by atomic mass is 10.2. The summed E-state index contributed by atoms with van der Waals surface area (Å²) in [5, 5.41) is 3.59. The third kappa shape index (κ3) is 4.73. The summed E-state index contributed by atoms with van der Waals surface area (Å²) in [6.45, 7) is 4.61. The van der Waals surface area contributed by atoms with E-state index in [0.29, 0.717) is 20.9 Å². The number of hydrogen-bond acceptors (Lipinski definition) is 4. The minimum atomic E-state index is -0.103. The van der Waals surface area contributed by atoms with Gasteiger partial charge in [-0.15, -0.1) is 11.3 Å². The van der Waals surface area contributed by atoms with Crippen LogP contribution in [0.5, 0.6) is 0 Å². The maximum absolute atomic E-state index is 12.2. The Labute approximate surface area is 162 Å². The summed E-state index contributed by atoms with van der Waals surface area (Å²) in [6, 6.07) is 5.17. The van der Waals surface area contributed by atoms with E-state index in [1.54, 1.807) is 23.1 Å². The van der Waals surface area contributed by atoms with Crippen molar-refractivity contribution in [2.75, 3.05) is 18.0 Å². The smallest absolute Gasteiger partial charge is 0.230 e. The van der Waals surface area contributed by atoms with Gasteiger partial charge in [-0.3, -0.25) is 14.6 Å². The molecule has 1 aromatic carbocycles. The molecule has 1 amide bonds. The standard InChI is InChI=1S/C18H21Cl2N3OS/c1-13(24)23(15-6-7-16(19)17(20)10-15)18-21-14(12-25-18)11-22-8-4-2-3-5-9-22/h6-7,10,12H,2-5,8-9,11H2,1H3. The van der Waals surface area contributed by atoms with Gasteiger partial charge < -0.3 is 0 Å². The van der Waals surface area contributed by atoms with Gasteiger partial charge in [0.2, 0.25) is 5.91 Å². The molecule has 4 nitrogen and oxygen atoms in total. The molecule has 0 saturated carbocycles. The van der Waals surface area contributed by atoms with Crippen molar-refractivity contribution in [3.63, 3.8) is 0 Å². The molecule has 0 unspecified atom stereocenters. The zero-order valence-corrected chi connectivity index (χ0v) is 16.5. The van der Waals surface area contributed by atoms with E-state index < -0.39 is 0 Å². The number of carbonyl (C=O) groups is 1. The normalized spacial score (nSPS) is 15.8. The Kier molecular flexibility index (Phi) is 6.34. The first-order valence-electron chi connectivity index (χ1n) is 8.47. The number of thiazole rings is 1. The van der Waals surface area contributed by atoms with E-state index in [1.807, 2.05) is 5.38 Å². The monoisotopic (exact) mass is 397 g/mol. The van der Waals surface area contributed by atoms with Crippen LogP contribution in [0, 0.1) is 0 Å². The Balaban J connectivity index is 1.79. The van der Waals surface area contributed by atoms with Crippen molar-refractivity contribution >= 4 is 51.3 Å². The molecule has 1 aliphatic heterocycles. The van der Waals surface area contributed by atoms with Crippen LogP contribution in [0.1, 0.15) is 38.3 Å². The molecule has 134 valence electrons. The molecule has 2 heterocycles. The molecular formula is C18H21Cl2N3OS. The third-order valence-electron chi connectivity index (χ3n) is 4.29. The van der Waals surface area contributed by atoms with Crippen molar-refractivity contribution in [1.82, 2.24) is 9.88 Å². The van der Waals surface area contributed by atoms with E-state index in [2.05, 4.69) is 4.90 Å². The topological polar surface area (TPSA) is 36.4 Å². The lowest BCUT2D eigenvalue weighted by Crippen LogP contribution is -2.25. The molecule has 7 heteroatoms. The van der Waals surface area contributed by atoms with Crippen LogP contribution in [0.25, 0.3) is 0 Å². The average molecular weight is 398 g/mol.